The molecule has 0 unspecified atom stereocenters. The SMILES string of the molecule is Cc1ccc(NC(=O)Cn2c(=O)n(Cc3ccccc3F)c(=O)c3sccc32)c(Cl)c1. The highest BCUT2D eigenvalue weighted by atomic mass is 35.5. The van der Waals surface area contributed by atoms with Crippen LogP contribution in [0.1, 0.15) is 11.1 Å². The van der Waals surface area contributed by atoms with Gasteiger partial charge in [-0.05, 0) is 42.1 Å². The van der Waals surface area contributed by atoms with Crippen LogP contribution in [0.4, 0.5) is 10.1 Å². The van der Waals surface area contributed by atoms with Crippen molar-refractivity contribution in [3.05, 3.63) is 96.7 Å². The molecule has 0 radical (unpaired) electrons. The number of hydrogen-bond donors (Lipinski definition) is 1. The number of carbonyl (C=O) groups is 1. The van der Waals surface area contributed by atoms with Crippen LogP contribution in [0.25, 0.3) is 10.2 Å². The average molecular weight is 458 g/mol. The Morgan fingerprint density at radius 1 is 1.13 bits per heavy atom. The number of halogens is 2. The molecule has 0 saturated heterocycles. The van der Waals surface area contributed by atoms with Crippen LogP contribution < -0.4 is 16.6 Å². The van der Waals surface area contributed by atoms with Crippen molar-refractivity contribution in [2.45, 2.75) is 20.0 Å². The molecule has 0 aliphatic heterocycles. The van der Waals surface area contributed by atoms with E-state index in [1.54, 1.807) is 35.7 Å². The first-order valence-electron chi connectivity index (χ1n) is 9.35. The minimum Gasteiger partial charge on any atom is -0.323 e. The van der Waals surface area contributed by atoms with Crippen LogP contribution >= 0.6 is 22.9 Å². The number of rotatable bonds is 5. The second kappa shape index (κ2) is 8.49. The fourth-order valence-corrected chi connectivity index (χ4v) is 4.40. The predicted molar refractivity (Wildman–Crippen MR) is 121 cm³/mol. The van der Waals surface area contributed by atoms with Crippen molar-refractivity contribution in [1.82, 2.24) is 9.13 Å². The molecule has 2 heterocycles. The van der Waals surface area contributed by atoms with E-state index in [1.807, 2.05) is 6.92 Å². The molecule has 0 fully saturated rings. The number of aromatic nitrogens is 2. The maximum atomic E-state index is 14.1. The van der Waals surface area contributed by atoms with Gasteiger partial charge >= 0.3 is 5.69 Å². The van der Waals surface area contributed by atoms with Gasteiger partial charge in [-0.25, -0.2) is 9.18 Å². The first kappa shape index (κ1) is 21.0. The highest BCUT2D eigenvalue weighted by Crippen LogP contribution is 2.23. The van der Waals surface area contributed by atoms with E-state index in [-0.39, 0.29) is 18.7 Å². The third-order valence-corrected chi connectivity index (χ3v) is 6.03. The highest BCUT2D eigenvalue weighted by Gasteiger charge is 2.18. The minimum absolute atomic E-state index is 0.208. The number of fused-ring (bicyclic) bond motifs is 1. The normalized spacial score (nSPS) is 11.1. The van der Waals surface area contributed by atoms with Gasteiger partial charge in [-0.15, -0.1) is 11.3 Å². The molecule has 2 aromatic heterocycles. The molecule has 6 nitrogen and oxygen atoms in total. The van der Waals surface area contributed by atoms with Crippen LogP contribution in [0.15, 0.2) is 63.5 Å². The summed E-state index contributed by atoms with van der Waals surface area (Å²) in [5.41, 5.74) is 0.724. The molecule has 1 amide bonds. The van der Waals surface area contributed by atoms with E-state index in [0.29, 0.717) is 20.9 Å². The average Bonchev–Trinajstić information content (AvgIpc) is 3.22. The van der Waals surface area contributed by atoms with E-state index in [0.717, 1.165) is 21.5 Å². The van der Waals surface area contributed by atoms with Gasteiger partial charge in [-0.3, -0.25) is 18.7 Å². The first-order chi connectivity index (χ1) is 14.8. The Bertz CT molecular complexity index is 1420. The van der Waals surface area contributed by atoms with Crippen LogP contribution in [0.5, 0.6) is 0 Å². The first-order valence-corrected chi connectivity index (χ1v) is 10.6. The molecule has 1 N–H and O–H groups in total. The second-order valence-corrected chi connectivity index (χ2v) is 8.34. The van der Waals surface area contributed by atoms with E-state index < -0.39 is 23.0 Å². The fraction of sp³-hybridized carbons (Fsp3) is 0.136. The van der Waals surface area contributed by atoms with Gasteiger partial charge in [0.2, 0.25) is 5.91 Å². The summed E-state index contributed by atoms with van der Waals surface area (Å²) in [7, 11) is 0. The molecule has 0 spiro atoms. The molecule has 9 heteroatoms. The van der Waals surface area contributed by atoms with Gasteiger partial charge in [-0.1, -0.05) is 35.9 Å². The molecule has 0 atom stereocenters. The molecule has 31 heavy (non-hydrogen) atoms. The number of hydrogen-bond acceptors (Lipinski definition) is 4. The number of nitrogens with zero attached hydrogens (tertiary/aromatic N) is 2. The van der Waals surface area contributed by atoms with E-state index >= 15 is 0 Å². The van der Waals surface area contributed by atoms with Gasteiger partial charge in [-0.2, -0.15) is 0 Å². The van der Waals surface area contributed by atoms with Crippen molar-refractivity contribution in [2.75, 3.05) is 5.32 Å². The number of thiophene rings is 1. The predicted octanol–water partition coefficient (Wildman–Crippen LogP) is 4.01. The lowest BCUT2D eigenvalue weighted by Gasteiger charge is -2.13. The minimum atomic E-state index is -0.690. The Kier molecular flexibility index (Phi) is 5.75. The summed E-state index contributed by atoms with van der Waals surface area (Å²) in [6, 6.07) is 12.7. The summed E-state index contributed by atoms with van der Waals surface area (Å²) in [6.07, 6.45) is 0. The zero-order valence-electron chi connectivity index (χ0n) is 16.4. The van der Waals surface area contributed by atoms with Gasteiger partial charge in [0.05, 0.1) is 22.8 Å². The van der Waals surface area contributed by atoms with Gasteiger partial charge in [0.1, 0.15) is 17.1 Å². The van der Waals surface area contributed by atoms with Crippen LogP contribution in [-0.2, 0) is 17.9 Å². The molecule has 158 valence electrons. The second-order valence-electron chi connectivity index (χ2n) is 7.02. The lowest BCUT2D eigenvalue weighted by molar-refractivity contribution is -0.116. The van der Waals surface area contributed by atoms with Crippen LogP contribution in [0.3, 0.4) is 0 Å². The maximum Gasteiger partial charge on any atom is 0.332 e. The number of carbonyl (C=O) groups excluding carboxylic acids is 1. The molecule has 0 bridgehead atoms. The van der Waals surface area contributed by atoms with Crippen molar-refractivity contribution in [3.63, 3.8) is 0 Å². The van der Waals surface area contributed by atoms with Gasteiger partial charge < -0.3 is 5.32 Å². The molecular formula is C22H17ClFN3O3S. The maximum absolute atomic E-state index is 14.1. The molecule has 4 rings (SSSR count). The lowest BCUT2D eigenvalue weighted by Crippen LogP contribution is -2.41. The molecular weight excluding hydrogens is 441 g/mol. The summed E-state index contributed by atoms with van der Waals surface area (Å²) in [4.78, 5) is 38.6. The van der Waals surface area contributed by atoms with Crippen molar-refractivity contribution < 1.29 is 9.18 Å². The number of anilines is 1. The summed E-state index contributed by atoms with van der Waals surface area (Å²) in [5.74, 6) is -0.991. The quantitative estimate of drug-likeness (QED) is 0.492. The Morgan fingerprint density at radius 3 is 2.65 bits per heavy atom. The number of aryl methyl sites for hydroxylation is 1. The Balaban J connectivity index is 1.73. The smallest absolute Gasteiger partial charge is 0.323 e. The van der Waals surface area contributed by atoms with E-state index in [2.05, 4.69) is 5.32 Å². The van der Waals surface area contributed by atoms with Crippen LogP contribution in [0.2, 0.25) is 5.02 Å². The van der Waals surface area contributed by atoms with Crippen molar-refractivity contribution >= 4 is 44.7 Å². The monoisotopic (exact) mass is 457 g/mol. The zero-order chi connectivity index (χ0) is 22.1. The fourth-order valence-electron chi connectivity index (χ4n) is 3.28. The number of nitrogens with one attached hydrogen (secondary N) is 1. The van der Waals surface area contributed by atoms with Crippen LogP contribution in [0, 0.1) is 12.7 Å². The van der Waals surface area contributed by atoms with E-state index in [1.165, 1.54) is 22.8 Å². The summed E-state index contributed by atoms with van der Waals surface area (Å²) < 4.78 is 16.6. The molecule has 4 aromatic rings. The zero-order valence-corrected chi connectivity index (χ0v) is 18.0. The Morgan fingerprint density at radius 2 is 1.90 bits per heavy atom. The van der Waals surface area contributed by atoms with Gasteiger partial charge in [0, 0.05) is 5.56 Å². The Hall–Kier alpha value is -3.23. The topological polar surface area (TPSA) is 73.1 Å². The summed E-state index contributed by atoms with van der Waals surface area (Å²) in [5, 5.41) is 4.74. The van der Waals surface area contributed by atoms with Crippen LogP contribution in [-0.4, -0.2) is 15.0 Å². The summed E-state index contributed by atoms with van der Waals surface area (Å²) >= 11 is 7.34. The van der Waals surface area contributed by atoms with Gasteiger partial charge in [0.15, 0.2) is 0 Å². The molecule has 0 aliphatic rings. The molecule has 0 saturated carbocycles. The van der Waals surface area contributed by atoms with E-state index in [9.17, 15) is 18.8 Å². The van der Waals surface area contributed by atoms with Gasteiger partial charge in [0.25, 0.3) is 5.56 Å². The standard InChI is InChI=1S/C22H17ClFN3O3S/c1-13-6-7-17(15(23)10-13)25-19(28)12-26-18-8-9-31-20(18)21(29)27(22(26)30)11-14-4-2-3-5-16(14)24/h2-10H,11-12H2,1H3,(H,25,28). The summed E-state index contributed by atoms with van der Waals surface area (Å²) in [6.45, 7) is 1.32. The Labute approximate surface area is 185 Å². The van der Waals surface area contributed by atoms with Crippen molar-refractivity contribution in [3.8, 4) is 0 Å². The molecule has 0 aliphatic carbocycles. The van der Waals surface area contributed by atoms with Crippen molar-refractivity contribution in [2.24, 2.45) is 0 Å². The largest absolute Gasteiger partial charge is 0.332 e. The highest BCUT2D eigenvalue weighted by molar-refractivity contribution is 7.17. The number of benzene rings is 2. The van der Waals surface area contributed by atoms with Crippen molar-refractivity contribution in [1.29, 1.82) is 0 Å². The molecule has 2 aromatic carbocycles. The van der Waals surface area contributed by atoms with E-state index in [4.69, 9.17) is 11.6 Å². The lowest BCUT2D eigenvalue weighted by atomic mass is 10.2. The third-order valence-electron chi connectivity index (χ3n) is 4.82. The third kappa shape index (κ3) is 4.17. The number of amides is 1.